The lowest BCUT2D eigenvalue weighted by atomic mass is 9.78. The van der Waals surface area contributed by atoms with Crippen molar-refractivity contribution in [3.05, 3.63) is 76.4 Å². The maximum absolute atomic E-state index is 13.9. The molecular weight excluding hydrogens is 577 g/mol. The number of allylic oxidation sites excluding steroid dienone is 1. The summed E-state index contributed by atoms with van der Waals surface area (Å²) in [7, 11) is -2.18. The van der Waals surface area contributed by atoms with Gasteiger partial charge in [-0.3, -0.25) is 4.79 Å². The molecule has 246 valence electrons. The van der Waals surface area contributed by atoms with E-state index in [4.69, 9.17) is 18.6 Å². The van der Waals surface area contributed by atoms with Crippen molar-refractivity contribution in [1.82, 2.24) is 0 Å². The highest BCUT2D eigenvalue weighted by Crippen LogP contribution is 2.53. The quantitative estimate of drug-likeness (QED) is 0.153. The molecule has 1 aliphatic heterocycles. The van der Waals surface area contributed by atoms with Crippen molar-refractivity contribution in [2.45, 2.75) is 142 Å². The minimum absolute atomic E-state index is 0.0447. The molecule has 0 N–H and O–H groups in total. The summed E-state index contributed by atoms with van der Waals surface area (Å²) in [6.07, 6.45) is 10.5. The average Bonchev–Trinajstić information content (AvgIpc) is 3.33. The zero-order valence-corrected chi connectivity index (χ0v) is 29.7. The lowest BCUT2D eigenvalue weighted by Crippen LogP contribution is -2.43. The topological polar surface area (TPSA) is 54.0 Å². The summed E-state index contributed by atoms with van der Waals surface area (Å²) in [4.78, 5) is 13.9. The molecule has 0 spiro atoms. The van der Waals surface area contributed by atoms with Crippen LogP contribution in [0, 0.1) is 5.92 Å². The van der Waals surface area contributed by atoms with E-state index in [0.29, 0.717) is 18.8 Å². The molecule has 1 heterocycles. The van der Waals surface area contributed by atoms with Crippen molar-refractivity contribution in [3.8, 4) is 5.75 Å². The summed E-state index contributed by atoms with van der Waals surface area (Å²) in [6, 6.07) is 16.7. The molecule has 0 amide bonds. The molecule has 2 aliphatic carbocycles. The largest absolute Gasteiger partial charge is 0.489 e. The fraction of sp³-hybridized carbons (Fsp3) is 0.615. The van der Waals surface area contributed by atoms with Gasteiger partial charge >= 0.3 is 0 Å². The Balaban J connectivity index is 1.45. The van der Waals surface area contributed by atoms with Crippen molar-refractivity contribution >= 4 is 14.1 Å². The molecule has 0 radical (unpaired) electrons. The predicted octanol–water partition coefficient (Wildman–Crippen LogP) is 10.0. The number of hydrogen-bond donors (Lipinski definition) is 0. The third kappa shape index (κ3) is 8.37. The zero-order chi connectivity index (χ0) is 32.0. The van der Waals surface area contributed by atoms with Crippen LogP contribution in [-0.2, 0) is 31.7 Å². The van der Waals surface area contributed by atoms with Gasteiger partial charge in [-0.25, -0.2) is 0 Å². The van der Waals surface area contributed by atoms with Crippen molar-refractivity contribution < 1.29 is 23.4 Å². The van der Waals surface area contributed by atoms with Gasteiger partial charge in [-0.15, -0.1) is 0 Å². The molecular formula is C39H56O5Si. The number of unbranched alkanes of at least 4 members (excludes halogenated alkanes) is 2. The van der Waals surface area contributed by atoms with Crippen molar-refractivity contribution in [2.75, 3.05) is 6.61 Å². The van der Waals surface area contributed by atoms with Gasteiger partial charge in [0.15, 0.2) is 20.4 Å². The van der Waals surface area contributed by atoms with Gasteiger partial charge < -0.3 is 18.6 Å². The lowest BCUT2D eigenvalue weighted by molar-refractivity contribution is -0.190. The first-order chi connectivity index (χ1) is 21.6. The van der Waals surface area contributed by atoms with Crippen LogP contribution < -0.4 is 4.74 Å². The first-order valence-corrected chi connectivity index (χ1v) is 20.5. The third-order valence-electron chi connectivity index (χ3n) is 10.5. The van der Waals surface area contributed by atoms with Gasteiger partial charge in [0, 0.05) is 18.6 Å². The van der Waals surface area contributed by atoms with E-state index in [0.717, 1.165) is 74.9 Å². The Bertz CT molecular complexity index is 1300. The van der Waals surface area contributed by atoms with Gasteiger partial charge in [0.25, 0.3) is 0 Å². The molecule has 6 heteroatoms. The summed E-state index contributed by atoms with van der Waals surface area (Å²) >= 11 is 0. The second-order valence-electron chi connectivity index (χ2n) is 14.9. The van der Waals surface area contributed by atoms with Crippen LogP contribution in [0.3, 0.4) is 0 Å². The van der Waals surface area contributed by atoms with Crippen LogP contribution in [0.5, 0.6) is 5.75 Å². The Morgan fingerprint density at radius 3 is 2.49 bits per heavy atom. The van der Waals surface area contributed by atoms with Crippen LogP contribution in [0.2, 0.25) is 18.1 Å². The van der Waals surface area contributed by atoms with E-state index in [1.807, 2.05) is 18.2 Å². The molecule has 3 aliphatic rings. The monoisotopic (exact) mass is 632 g/mol. The summed E-state index contributed by atoms with van der Waals surface area (Å²) in [5.41, 5.74) is 5.76. The van der Waals surface area contributed by atoms with Gasteiger partial charge in [0.2, 0.25) is 0 Å². The molecule has 45 heavy (non-hydrogen) atoms. The number of benzene rings is 2. The standard InChI is InChI=1S/C39H56O5Si/c1-7-8-10-18-30(43-36-21-13-14-24-41-36)22-23-32-34(40)26-29-25-33-31(38(37(29)32)44-45(5,6)39(2,3)4)19-15-20-35(33)42-27-28-16-11-9-12-17-28/h9,11-12,15-17,19-20,29-30,36,38H,7-8,10,13-14,18,21-27H2,1-6H3/t29-,30-,36?,38+/m0/s1. The fourth-order valence-corrected chi connectivity index (χ4v) is 8.07. The highest BCUT2D eigenvalue weighted by molar-refractivity contribution is 6.74. The normalized spacial score (nSPS) is 22.7. The van der Waals surface area contributed by atoms with Crippen LogP contribution >= 0.6 is 0 Å². The number of carbonyl (C=O) groups excluding carboxylic acids is 1. The smallest absolute Gasteiger partial charge is 0.193 e. The van der Waals surface area contributed by atoms with Crippen LogP contribution in [0.15, 0.2) is 59.7 Å². The zero-order valence-electron chi connectivity index (χ0n) is 28.7. The highest BCUT2D eigenvalue weighted by Gasteiger charge is 2.47. The maximum atomic E-state index is 13.9. The average molecular weight is 633 g/mol. The first kappa shape index (κ1) is 34.1. The highest BCUT2D eigenvalue weighted by atomic mass is 28.4. The van der Waals surface area contributed by atoms with Crippen molar-refractivity contribution in [1.29, 1.82) is 0 Å². The SMILES string of the molecule is CCCCC[C@@H](CCC1=C2[C@H](CC1=O)Cc1c(OCc3ccccc3)cccc1[C@H]2O[Si](C)(C)C(C)(C)C)OC1CCCCO1. The molecule has 5 nitrogen and oxygen atoms in total. The Morgan fingerprint density at radius 1 is 0.978 bits per heavy atom. The summed E-state index contributed by atoms with van der Waals surface area (Å²) < 4.78 is 26.3. The van der Waals surface area contributed by atoms with Crippen LogP contribution in [-0.4, -0.2) is 33.1 Å². The number of Topliss-reactive ketones (excluding diaryl/α,β-unsaturated/α-hetero) is 1. The maximum Gasteiger partial charge on any atom is 0.193 e. The molecule has 1 unspecified atom stereocenters. The molecule has 0 bridgehead atoms. The Kier molecular flexibility index (Phi) is 11.4. The van der Waals surface area contributed by atoms with E-state index in [9.17, 15) is 4.79 Å². The molecule has 1 saturated heterocycles. The summed E-state index contributed by atoms with van der Waals surface area (Å²) in [5, 5.41) is 0.0447. The predicted molar refractivity (Wildman–Crippen MR) is 184 cm³/mol. The number of rotatable bonds is 14. The van der Waals surface area contributed by atoms with E-state index in [2.05, 4.69) is 71.1 Å². The van der Waals surface area contributed by atoms with E-state index in [1.54, 1.807) is 0 Å². The molecule has 2 aromatic rings. The molecule has 1 fully saturated rings. The second kappa shape index (κ2) is 15.1. The molecule has 0 aromatic heterocycles. The van der Waals surface area contributed by atoms with Crippen LogP contribution in [0.4, 0.5) is 0 Å². The summed E-state index contributed by atoms with van der Waals surface area (Å²) in [6.45, 7) is 15.1. The molecule has 5 rings (SSSR count). The van der Waals surface area contributed by atoms with E-state index < -0.39 is 8.32 Å². The van der Waals surface area contributed by atoms with E-state index >= 15 is 0 Å². The van der Waals surface area contributed by atoms with E-state index in [-0.39, 0.29) is 29.5 Å². The van der Waals surface area contributed by atoms with Gasteiger partial charge in [-0.05, 0) is 97.3 Å². The lowest BCUT2D eigenvalue weighted by Gasteiger charge is -2.43. The fourth-order valence-electron chi connectivity index (χ4n) is 6.87. The minimum Gasteiger partial charge on any atom is -0.489 e. The number of ketones is 1. The van der Waals surface area contributed by atoms with Crippen LogP contribution in [0.1, 0.15) is 115 Å². The van der Waals surface area contributed by atoms with E-state index in [1.165, 1.54) is 29.5 Å². The number of fused-ring (bicyclic) bond motifs is 2. The Labute approximate surface area is 273 Å². The minimum atomic E-state index is -2.18. The Hall–Kier alpha value is -2.25. The molecule has 4 atom stereocenters. The van der Waals surface area contributed by atoms with Crippen LogP contribution in [0.25, 0.3) is 0 Å². The van der Waals surface area contributed by atoms with Gasteiger partial charge in [0.05, 0.1) is 12.2 Å². The Morgan fingerprint density at radius 2 is 1.78 bits per heavy atom. The molecule has 0 saturated carbocycles. The number of ether oxygens (including phenoxy) is 3. The number of hydrogen-bond acceptors (Lipinski definition) is 5. The van der Waals surface area contributed by atoms with Gasteiger partial charge in [-0.1, -0.05) is 89.4 Å². The third-order valence-corrected chi connectivity index (χ3v) is 15.0. The van der Waals surface area contributed by atoms with Gasteiger partial charge in [0.1, 0.15) is 12.4 Å². The summed E-state index contributed by atoms with van der Waals surface area (Å²) in [5.74, 6) is 1.36. The second-order valence-corrected chi connectivity index (χ2v) is 19.7. The number of carbonyl (C=O) groups is 1. The molecule has 2 aromatic carbocycles. The first-order valence-electron chi connectivity index (χ1n) is 17.6. The van der Waals surface area contributed by atoms with Crippen molar-refractivity contribution in [2.24, 2.45) is 5.92 Å². The van der Waals surface area contributed by atoms with Crippen molar-refractivity contribution in [3.63, 3.8) is 0 Å². The van der Waals surface area contributed by atoms with Gasteiger partial charge in [-0.2, -0.15) is 0 Å².